The van der Waals surface area contributed by atoms with E-state index >= 15 is 0 Å². The number of hydrogen-bond donors (Lipinski definition) is 1. The van der Waals surface area contributed by atoms with Crippen molar-refractivity contribution < 1.29 is 9.59 Å². The van der Waals surface area contributed by atoms with Gasteiger partial charge in [0.25, 0.3) is 0 Å². The zero-order valence-corrected chi connectivity index (χ0v) is 13.7. The number of anilines is 1. The van der Waals surface area contributed by atoms with Gasteiger partial charge in [-0.1, -0.05) is 18.2 Å². The van der Waals surface area contributed by atoms with Crippen molar-refractivity contribution in [2.45, 2.75) is 44.3 Å². The summed E-state index contributed by atoms with van der Waals surface area (Å²) in [7, 11) is 0. The maximum Gasteiger partial charge on any atom is 0.243 e. The molecule has 0 saturated carbocycles. The van der Waals surface area contributed by atoms with Gasteiger partial charge in [0.05, 0.1) is 0 Å². The molecule has 2 amide bonds. The Morgan fingerprint density at radius 3 is 2.79 bits per heavy atom. The highest BCUT2D eigenvalue weighted by molar-refractivity contribution is 6.02. The van der Waals surface area contributed by atoms with Crippen LogP contribution in [0.15, 0.2) is 34.5 Å². The minimum absolute atomic E-state index is 0.127. The third kappa shape index (κ3) is 3.16. The monoisotopic (exact) mass is 324 g/mol. The summed E-state index contributed by atoms with van der Waals surface area (Å²) in [6, 6.07) is 7.13. The van der Waals surface area contributed by atoms with Crippen LogP contribution in [0, 0.1) is 12.3 Å². The first-order valence-corrected chi connectivity index (χ1v) is 8.09. The highest BCUT2D eigenvalue weighted by Crippen LogP contribution is 2.36. The van der Waals surface area contributed by atoms with Gasteiger partial charge in [0.15, 0.2) is 5.66 Å². The van der Waals surface area contributed by atoms with Crippen molar-refractivity contribution in [3.8, 4) is 12.3 Å². The van der Waals surface area contributed by atoms with E-state index in [2.05, 4.69) is 21.5 Å². The molecule has 6 nitrogen and oxygen atoms in total. The van der Waals surface area contributed by atoms with Crippen LogP contribution in [0.1, 0.15) is 31.7 Å². The van der Waals surface area contributed by atoms with Crippen molar-refractivity contribution in [3.63, 3.8) is 0 Å². The highest BCUT2D eigenvalue weighted by Gasteiger charge is 2.40. The first-order chi connectivity index (χ1) is 11.6. The molecule has 0 aliphatic carbocycles. The standard InChI is InChI=1S/C18H20N4O2/c1-3-4-9-18(20-21-18)10-11-19-17(24)16-12-14-7-5-6-8-15(14)22(16)13(2)23/h1,5-8,16H,4,9-12H2,2H3,(H,19,24). The summed E-state index contributed by atoms with van der Waals surface area (Å²) in [5.41, 5.74) is 1.44. The molecule has 2 heterocycles. The number of terminal acetylenes is 1. The van der Waals surface area contributed by atoms with E-state index < -0.39 is 11.7 Å². The van der Waals surface area contributed by atoms with Crippen molar-refractivity contribution in [2.24, 2.45) is 10.2 Å². The summed E-state index contributed by atoms with van der Waals surface area (Å²) >= 11 is 0. The summed E-state index contributed by atoms with van der Waals surface area (Å²) in [5.74, 6) is 2.31. The quantitative estimate of drug-likeness (QED) is 0.813. The van der Waals surface area contributed by atoms with Crippen LogP contribution in [0.3, 0.4) is 0 Å². The molecule has 1 aromatic rings. The molecule has 2 aliphatic rings. The molecule has 1 aromatic carbocycles. The smallest absolute Gasteiger partial charge is 0.243 e. The number of benzene rings is 1. The number of nitrogens with zero attached hydrogens (tertiary/aromatic N) is 3. The fourth-order valence-corrected chi connectivity index (χ4v) is 3.16. The van der Waals surface area contributed by atoms with Gasteiger partial charge in [-0.15, -0.1) is 12.3 Å². The Kier molecular flexibility index (Phi) is 4.34. The van der Waals surface area contributed by atoms with E-state index in [9.17, 15) is 9.59 Å². The zero-order chi connectivity index (χ0) is 17.2. The number of carbonyl (C=O) groups excluding carboxylic acids is 2. The third-order valence-corrected chi connectivity index (χ3v) is 4.50. The second-order valence-corrected chi connectivity index (χ2v) is 6.17. The molecule has 1 N–H and O–H groups in total. The Balaban J connectivity index is 1.58. The molecule has 124 valence electrons. The lowest BCUT2D eigenvalue weighted by atomic mass is 10.0. The summed E-state index contributed by atoms with van der Waals surface area (Å²) in [6.07, 6.45) is 7.79. The molecule has 0 radical (unpaired) electrons. The molecule has 0 saturated heterocycles. The Bertz CT molecular complexity index is 729. The number of amides is 2. The van der Waals surface area contributed by atoms with Gasteiger partial charge in [-0.05, 0) is 11.6 Å². The summed E-state index contributed by atoms with van der Waals surface area (Å²) < 4.78 is 0. The fourth-order valence-electron chi connectivity index (χ4n) is 3.16. The normalized spacial score (nSPS) is 19.5. The van der Waals surface area contributed by atoms with Gasteiger partial charge in [0, 0.05) is 44.8 Å². The lowest BCUT2D eigenvalue weighted by Gasteiger charge is -2.23. The molecular formula is C18H20N4O2. The molecule has 24 heavy (non-hydrogen) atoms. The number of para-hydroxylation sites is 1. The third-order valence-electron chi connectivity index (χ3n) is 4.50. The minimum Gasteiger partial charge on any atom is -0.354 e. The average Bonchev–Trinajstić information content (AvgIpc) is 3.22. The van der Waals surface area contributed by atoms with E-state index in [0.717, 1.165) is 11.3 Å². The van der Waals surface area contributed by atoms with Crippen LogP contribution in [0.5, 0.6) is 0 Å². The number of fused-ring (bicyclic) bond motifs is 1. The van der Waals surface area contributed by atoms with Crippen LogP contribution in [0.25, 0.3) is 0 Å². The van der Waals surface area contributed by atoms with E-state index in [-0.39, 0.29) is 11.8 Å². The zero-order valence-electron chi connectivity index (χ0n) is 13.7. The molecule has 3 rings (SSSR count). The maximum atomic E-state index is 12.6. The van der Waals surface area contributed by atoms with E-state index in [0.29, 0.717) is 32.2 Å². The van der Waals surface area contributed by atoms with Crippen molar-refractivity contribution in [2.75, 3.05) is 11.4 Å². The first-order valence-electron chi connectivity index (χ1n) is 8.09. The van der Waals surface area contributed by atoms with Crippen molar-refractivity contribution in [1.29, 1.82) is 0 Å². The van der Waals surface area contributed by atoms with Crippen molar-refractivity contribution in [3.05, 3.63) is 29.8 Å². The van der Waals surface area contributed by atoms with Crippen molar-refractivity contribution >= 4 is 17.5 Å². The summed E-state index contributed by atoms with van der Waals surface area (Å²) in [5, 5.41) is 11.0. The maximum absolute atomic E-state index is 12.6. The van der Waals surface area contributed by atoms with Gasteiger partial charge in [-0.25, -0.2) is 0 Å². The molecular weight excluding hydrogens is 304 g/mol. The molecule has 0 fully saturated rings. The van der Waals surface area contributed by atoms with Gasteiger partial charge < -0.3 is 5.32 Å². The van der Waals surface area contributed by atoms with E-state index in [1.807, 2.05) is 24.3 Å². The number of rotatable bonds is 6. The number of nitrogens with one attached hydrogen (secondary N) is 1. The summed E-state index contributed by atoms with van der Waals surface area (Å²) in [6.45, 7) is 1.95. The highest BCUT2D eigenvalue weighted by atomic mass is 16.2. The van der Waals surface area contributed by atoms with Gasteiger partial charge in [0.2, 0.25) is 11.8 Å². The second-order valence-electron chi connectivity index (χ2n) is 6.17. The first kappa shape index (κ1) is 16.2. The minimum atomic E-state index is -0.491. The Labute approximate surface area is 141 Å². The van der Waals surface area contributed by atoms with Gasteiger partial charge >= 0.3 is 0 Å². The molecule has 0 aromatic heterocycles. The van der Waals surface area contributed by atoms with E-state index in [1.54, 1.807) is 4.90 Å². The molecule has 0 bridgehead atoms. The Morgan fingerprint density at radius 2 is 2.12 bits per heavy atom. The molecule has 6 heteroatoms. The lowest BCUT2D eigenvalue weighted by molar-refractivity contribution is -0.125. The largest absolute Gasteiger partial charge is 0.354 e. The van der Waals surface area contributed by atoms with Crippen LogP contribution >= 0.6 is 0 Å². The van der Waals surface area contributed by atoms with Crippen LogP contribution in [0.2, 0.25) is 0 Å². The number of carbonyl (C=O) groups is 2. The van der Waals surface area contributed by atoms with E-state index in [1.165, 1.54) is 6.92 Å². The predicted molar refractivity (Wildman–Crippen MR) is 90.4 cm³/mol. The van der Waals surface area contributed by atoms with Gasteiger partial charge in [-0.3, -0.25) is 14.5 Å². The van der Waals surface area contributed by atoms with Crippen LogP contribution in [-0.4, -0.2) is 30.1 Å². The van der Waals surface area contributed by atoms with Gasteiger partial charge in [-0.2, -0.15) is 10.2 Å². The Hall–Kier alpha value is -2.68. The van der Waals surface area contributed by atoms with E-state index in [4.69, 9.17) is 6.42 Å². The predicted octanol–water partition coefficient (Wildman–Crippen LogP) is 2.05. The second kappa shape index (κ2) is 6.44. The number of hydrogen-bond acceptors (Lipinski definition) is 4. The average molecular weight is 324 g/mol. The molecule has 1 unspecified atom stereocenters. The van der Waals surface area contributed by atoms with Crippen LogP contribution < -0.4 is 10.2 Å². The van der Waals surface area contributed by atoms with Crippen LogP contribution in [-0.2, 0) is 16.0 Å². The van der Waals surface area contributed by atoms with Crippen molar-refractivity contribution in [1.82, 2.24) is 5.32 Å². The topological polar surface area (TPSA) is 74.1 Å². The summed E-state index contributed by atoms with van der Waals surface area (Å²) in [4.78, 5) is 26.1. The Morgan fingerprint density at radius 1 is 1.38 bits per heavy atom. The molecule has 1 atom stereocenters. The molecule has 0 spiro atoms. The lowest BCUT2D eigenvalue weighted by Crippen LogP contribution is -2.47. The SMILES string of the molecule is C#CCCC1(CCNC(=O)C2Cc3ccccc3N2C(C)=O)N=N1. The molecule has 2 aliphatic heterocycles. The fraction of sp³-hybridized carbons (Fsp3) is 0.444. The van der Waals surface area contributed by atoms with Crippen LogP contribution in [0.4, 0.5) is 5.69 Å². The van der Waals surface area contributed by atoms with Gasteiger partial charge in [0.1, 0.15) is 6.04 Å².